The van der Waals surface area contributed by atoms with E-state index in [1.807, 2.05) is 19.3 Å². The summed E-state index contributed by atoms with van der Waals surface area (Å²) < 4.78 is 0. The van der Waals surface area contributed by atoms with E-state index in [0.717, 1.165) is 29.2 Å². The number of hydrazine groups is 1. The van der Waals surface area contributed by atoms with Crippen molar-refractivity contribution < 1.29 is 0 Å². The highest BCUT2D eigenvalue weighted by atomic mass is 15.3. The molecule has 0 unspecified atom stereocenters. The molecule has 0 spiro atoms. The molecule has 0 radical (unpaired) electrons. The van der Waals surface area contributed by atoms with E-state index >= 15 is 0 Å². The van der Waals surface area contributed by atoms with Crippen LogP contribution >= 0.6 is 0 Å². The minimum atomic E-state index is 0.835. The van der Waals surface area contributed by atoms with Gasteiger partial charge in [-0.15, -0.1) is 0 Å². The fraction of sp³-hybridized carbons (Fsp3) is 0.125. The first-order valence-electron chi connectivity index (χ1n) is 6.67. The molecular formula is C16H14N4. The van der Waals surface area contributed by atoms with Crippen molar-refractivity contribution in [1.82, 2.24) is 15.4 Å². The predicted molar refractivity (Wildman–Crippen MR) is 79.8 cm³/mol. The zero-order valence-electron chi connectivity index (χ0n) is 11.1. The van der Waals surface area contributed by atoms with Crippen LogP contribution in [0.1, 0.15) is 28.2 Å². The van der Waals surface area contributed by atoms with Gasteiger partial charge in [0.2, 0.25) is 0 Å². The Balaban J connectivity index is 1.79. The number of anilines is 1. The van der Waals surface area contributed by atoms with Gasteiger partial charge in [0, 0.05) is 29.9 Å². The van der Waals surface area contributed by atoms with E-state index in [0.29, 0.717) is 0 Å². The standard InChI is InChI=1S/C16H14N4/c1-10-17-9-14-13(3-5-16(14)19-10)11-2-4-15-12(8-11)6-7-18-20-15/h2-4,6-9,18,20H,5H2,1H3. The van der Waals surface area contributed by atoms with Crippen LogP contribution in [0.4, 0.5) is 5.69 Å². The molecule has 2 N–H and O–H groups in total. The van der Waals surface area contributed by atoms with Gasteiger partial charge < -0.3 is 10.9 Å². The van der Waals surface area contributed by atoms with Gasteiger partial charge in [-0.05, 0) is 36.3 Å². The van der Waals surface area contributed by atoms with Gasteiger partial charge in [-0.2, -0.15) is 0 Å². The Labute approximate surface area is 117 Å². The van der Waals surface area contributed by atoms with Crippen molar-refractivity contribution in [2.75, 3.05) is 5.43 Å². The summed E-state index contributed by atoms with van der Waals surface area (Å²) >= 11 is 0. The van der Waals surface area contributed by atoms with Gasteiger partial charge >= 0.3 is 0 Å². The number of benzene rings is 1. The van der Waals surface area contributed by atoms with Gasteiger partial charge in [0.25, 0.3) is 0 Å². The largest absolute Gasteiger partial charge is 0.308 e. The lowest BCUT2D eigenvalue weighted by atomic mass is 9.99. The summed E-state index contributed by atoms with van der Waals surface area (Å²) in [5.41, 5.74) is 13.1. The number of rotatable bonds is 1. The van der Waals surface area contributed by atoms with E-state index in [9.17, 15) is 0 Å². The number of nitrogens with one attached hydrogen (secondary N) is 2. The Hall–Kier alpha value is -2.62. The van der Waals surface area contributed by atoms with Crippen LogP contribution in [-0.2, 0) is 6.42 Å². The summed E-state index contributed by atoms with van der Waals surface area (Å²) in [6.45, 7) is 1.93. The maximum absolute atomic E-state index is 4.52. The number of aromatic nitrogens is 2. The number of allylic oxidation sites excluding steroid dienone is 1. The molecule has 0 bridgehead atoms. The van der Waals surface area contributed by atoms with E-state index < -0.39 is 0 Å². The SMILES string of the molecule is Cc1ncc2c(n1)CC=C2c1ccc2c(c1)C=CNN2. The number of hydrogen-bond acceptors (Lipinski definition) is 4. The van der Waals surface area contributed by atoms with Crippen LogP contribution in [-0.4, -0.2) is 9.97 Å². The minimum absolute atomic E-state index is 0.835. The molecule has 20 heavy (non-hydrogen) atoms. The molecule has 1 aromatic carbocycles. The van der Waals surface area contributed by atoms with Crippen molar-refractivity contribution in [3.8, 4) is 0 Å². The molecule has 0 amide bonds. The molecule has 2 heterocycles. The fourth-order valence-electron chi connectivity index (χ4n) is 2.71. The normalized spacial score (nSPS) is 14.9. The Kier molecular flexibility index (Phi) is 2.36. The smallest absolute Gasteiger partial charge is 0.125 e. The molecule has 4 heteroatoms. The van der Waals surface area contributed by atoms with Crippen molar-refractivity contribution >= 4 is 17.3 Å². The first-order chi connectivity index (χ1) is 9.81. The van der Waals surface area contributed by atoms with Crippen LogP contribution in [0.25, 0.3) is 11.6 Å². The molecule has 0 atom stereocenters. The summed E-state index contributed by atoms with van der Waals surface area (Å²) in [5, 5.41) is 0. The molecule has 0 saturated carbocycles. The van der Waals surface area contributed by atoms with Gasteiger partial charge in [0.05, 0.1) is 11.4 Å². The van der Waals surface area contributed by atoms with Crippen molar-refractivity contribution in [3.63, 3.8) is 0 Å². The molecule has 4 nitrogen and oxygen atoms in total. The zero-order valence-corrected chi connectivity index (χ0v) is 11.1. The Morgan fingerprint density at radius 3 is 3.15 bits per heavy atom. The summed E-state index contributed by atoms with van der Waals surface area (Å²) in [6.07, 6.45) is 9.03. The molecule has 1 aliphatic heterocycles. The highest BCUT2D eigenvalue weighted by molar-refractivity contribution is 5.86. The first-order valence-corrected chi connectivity index (χ1v) is 6.67. The van der Waals surface area contributed by atoms with Gasteiger partial charge in [-0.1, -0.05) is 12.1 Å². The van der Waals surface area contributed by atoms with Gasteiger partial charge in [-0.25, -0.2) is 9.97 Å². The van der Waals surface area contributed by atoms with E-state index in [4.69, 9.17) is 0 Å². The molecule has 1 aromatic heterocycles. The summed E-state index contributed by atoms with van der Waals surface area (Å²) in [7, 11) is 0. The Bertz CT molecular complexity index is 759. The lowest BCUT2D eigenvalue weighted by molar-refractivity contribution is 0.986. The maximum Gasteiger partial charge on any atom is 0.125 e. The Morgan fingerprint density at radius 1 is 1.25 bits per heavy atom. The molecule has 0 saturated heterocycles. The van der Waals surface area contributed by atoms with E-state index in [-0.39, 0.29) is 0 Å². The van der Waals surface area contributed by atoms with Crippen LogP contribution in [0.3, 0.4) is 0 Å². The predicted octanol–water partition coefficient (Wildman–Crippen LogP) is 2.67. The van der Waals surface area contributed by atoms with E-state index in [1.54, 1.807) is 0 Å². The van der Waals surface area contributed by atoms with Crippen LogP contribution in [0.15, 0.2) is 36.7 Å². The van der Waals surface area contributed by atoms with Crippen LogP contribution < -0.4 is 10.9 Å². The molecule has 98 valence electrons. The van der Waals surface area contributed by atoms with Crippen molar-refractivity contribution in [1.29, 1.82) is 0 Å². The summed E-state index contributed by atoms with van der Waals surface area (Å²) in [6, 6.07) is 6.42. The molecule has 2 aliphatic rings. The van der Waals surface area contributed by atoms with Gasteiger partial charge in [-0.3, -0.25) is 0 Å². The second kappa shape index (κ2) is 4.20. The molecule has 1 aliphatic carbocycles. The fourth-order valence-corrected chi connectivity index (χ4v) is 2.71. The van der Waals surface area contributed by atoms with Crippen LogP contribution in [0.2, 0.25) is 0 Å². The zero-order chi connectivity index (χ0) is 13.5. The minimum Gasteiger partial charge on any atom is -0.308 e. The second-order valence-electron chi connectivity index (χ2n) is 5.00. The third-order valence-electron chi connectivity index (χ3n) is 3.69. The van der Waals surface area contributed by atoms with Crippen LogP contribution in [0, 0.1) is 6.92 Å². The van der Waals surface area contributed by atoms with Crippen LogP contribution in [0.5, 0.6) is 0 Å². The number of aryl methyl sites for hydroxylation is 1. The first kappa shape index (κ1) is 11.2. The summed E-state index contributed by atoms with van der Waals surface area (Å²) in [5.74, 6) is 0.835. The number of nitrogens with zero attached hydrogens (tertiary/aromatic N) is 2. The average molecular weight is 262 g/mol. The monoisotopic (exact) mass is 262 g/mol. The maximum atomic E-state index is 4.52. The molecule has 0 fully saturated rings. The summed E-state index contributed by atoms with van der Waals surface area (Å²) in [4.78, 5) is 8.84. The number of hydrogen-bond donors (Lipinski definition) is 2. The lowest BCUT2D eigenvalue weighted by Crippen LogP contribution is -2.17. The quantitative estimate of drug-likeness (QED) is 0.829. The third kappa shape index (κ3) is 1.69. The number of fused-ring (bicyclic) bond motifs is 2. The molecule has 2 aromatic rings. The molecular weight excluding hydrogens is 248 g/mol. The average Bonchev–Trinajstić information content (AvgIpc) is 2.89. The van der Waals surface area contributed by atoms with Gasteiger partial charge in [0.1, 0.15) is 5.82 Å². The third-order valence-corrected chi connectivity index (χ3v) is 3.69. The molecule has 4 rings (SSSR count). The van der Waals surface area contributed by atoms with Crippen molar-refractivity contribution in [2.24, 2.45) is 0 Å². The van der Waals surface area contributed by atoms with Crippen molar-refractivity contribution in [3.05, 3.63) is 64.9 Å². The lowest BCUT2D eigenvalue weighted by Gasteiger charge is -2.16. The van der Waals surface area contributed by atoms with Gasteiger partial charge in [0.15, 0.2) is 0 Å². The van der Waals surface area contributed by atoms with E-state index in [2.05, 4.69) is 51.2 Å². The Morgan fingerprint density at radius 2 is 2.20 bits per heavy atom. The second-order valence-corrected chi connectivity index (χ2v) is 5.00. The van der Waals surface area contributed by atoms with Crippen molar-refractivity contribution in [2.45, 2.75) is 13.3 Å². The van der Waals surface area contributed by atoms with E-state index in [1.165, 1.54) is 16.7 Å². The highest BCUT2D eigenvalue weighted by Crippen LogP contribution is 2.33. The topological polar surface area (TPSA) is 49.8 Å². The highest BCUT2D eigenvalue weighted by Gasteiger charge is 2.18.